The molecule has 4 aromatic rings. The number of nitriles is 1. The van der Waals surface area contributed by atoms with Crippen molar-refractivity contribution in [2.75, 3.05) is 31.1 Å². The maximum atomic E-state index is 12.8. The fraction of sp³-hybridized carbons (Fsp3) is 0.353. The van der Waals surface area contributed by atoms with Crippen molar-refractivity contribution in [2.24, 2.45) is 0 Å². The summed E-state index contributed by atoms with van der Waals surface area (Å²) in [7, 11) is 0. The molecule has 0 atom stereocenters. The number of halogens is 7. The summed E-state index contributed by atoms with van der Waals surface area (Å²) in [5.41, 5.74) is 0.0449. The molecule has 5 heterocycles. The van der Waals surface area contributed by atoms with Crippen LogP contribution in [0.1, 0.15) is 11.6 Å². The monoisotopic (exact) mass is 519 g/mol. The highest BCUT2D eigenvalue weighted by Crippen LogP contribution is 2.28. The maximum absolute atomic E-state index is 12.8. The molecule has 0 bridgehead atoms. The summed E-state index contributed by atoms with van der Waals surface area (Å²) < 4.78 is 76.5. The number of aromatic nitrogens is 8. The first-order chi connectivity index (χ1) is 16.5. The lowest BCUT2D eigenvalue weighted by Gasteiger charge is -2.32. The highest BCUT2D eigenvalue weighted by molar-refractivity contribution is 6.29. The third-order valence-electron chi connectivity index (χ3n) is 4.73. The number of nitrogens with zero attached hydrogens (tertiary/aromatic N) is 11. The van der Waals surface area contributed by atoms with E-state index in [1.165, 1.54) is 18.2 Å². The molecule has 0 N–H and O–H groups in total. The first-order valence-electron chi connectivity index (χ1n) is 9.62. The largest absolute Gasteiger partial charge is 0.453 e. The van der Waals surface area contributed by atoms with Crippen LogP contribution in [-0.4, -0.2) is 70.7 Å². The lowest BCUT2D eigenvalue weighted by Crippen LogP contribution is -2.44. The lowest BCUT2D eigenvalue weighted by molar-refractivity contribution is -0.147. The van der Waals surface area contributed by atoms with Crippen molar-refractivity contribution in [2.45, 2.75) is 12.4 Å². The van der Waals surface area contributed by atoms with Gasteiger partial charge in [-0.2, -0.15) is 45.7 Å². The number of rotatable bonds is 1. The van der Waals surface area contributed by atoms with Gasteiger partial charge in [-0.15, -0.1) is 25.5 Å². The molecule has 184 valence electrons. The molecule has 5 rings (SSSR count). The Hall–Kier alpha value is -3.94. The Bertz CT molecular complexity index is 1380. The van der Waals surface area contributed by atoms with Crippen molar-refractivity contribution >= 4 is 28.7 Å². The van der Waals surface area contributed by atoms with Crippen LogP contribution >= 0.6 is 11.6 Å². The van der Waals surface area contributed by atoms with E-state index in [1.807, 2.05) is 11.1 Å². The third-order valence-corrected chi connectivity index (χ3v) is 4.93. The van der Waals surface area contributed by atoms with Crippen LogP contribution in [0.15, 0.2) is 24.3 Å². The predicted octanol–water partition coefficient (Wildman–Crippen LogP) is 2.54. The molecule has 1 aliphatic rings. The topological polar surface area (TPSA) is 116 Å². The molecule has 1 fully saturated rings. The minimum Gasteiger partial charge on any atom is -0.352 e. The molecule has 0 unspecified atom stereocenters. The fourth-order valence-electron chi connectivity index (χ4n) is 3.10. The van der Waals surface area contributed by atoms with Crippen LogP contribution in [0.2, 0.25) is 5.15 Å². The number of fused-ring (bicyclic) bond motifs is 2. The normalized spacial score (nSPS) is 14.7. The summed E-state index contributed by atoms with van der Waals surface area (Å²) in [6, 6.07) is 5.69. The van der Waals surface area contributed by atoms with Crippen LogP contribution in [0.25, 0.3) is 11.3 Å². The number of hydrogen-bond acceptors (Lipinski definition) is 9. The molecule has 4 aromatic heterocycles. The van der Waals surface area contributed by atoms with Gasteiger partial charge in [0.1, 0.15) is 11.0 Å². The van der Waals surface area contributed by atoms with Gasteiger partial charge in [0.05, 0.1) is 0 Å². The Morgan fingerprint density at radius 1 is 0.743 bits per heavy atom. The van der Waals surface area contributed by atoms with Crippen molar-refractivity contribution in [3.05, 3.63) is 41.1 Å². The second-order valence-corrected chi connectivity index (χ2v) is 7.39. The molecule has 0 amide bonds. The molecule has 35 heavy (non-hydrogen) atoms. The van der Waals surface area contributed by atoms with E-state index < -0.39 is 24.0 Å². The number of piperazine rings is 1. The summed E-state index contributed by atoms with van der Waals surface area (Å²) >= 11 is 5.44. The number of anilines is 1. The van der Waals surface area contributed by atoms with Gasteiger partial charge in [0.25, 0.3) is 11.6 Å². The van der Waals surface area contributed by atoms with Crippen LogP contribution in [0, 0.1) is 11.5 Å². The Morgan fingerprint density at radius 3 is 1.77 bits per heavy atom. The first-order valence-corrected chi connectivity index (χ1v) is 9.99. The van der Waals surface area contributed by atoms with Gasteiger partial charge in [0, 0.05) is 26.2 Å². The summed E-state index contributed by atoms with van der Waals surface area (Å²) in [4.78, 5) is 3.42. The average molecular weight is 520 g/mol. The van der Waals surface area contributed by atoms with Crippen LogP contribution in [0.3, 0.4) is 0 Å². The van der Waals surface area contributed by atoms with Gasteiger partial charge in [-0.1, -0.05) is 11.6 Å². The average Bonchev–Trinajstić information content (AvgIpc) is 3.43. The Morgan fingerprint density at radius 2 is 1.26 bits per heavy atom. The van der Waals surface area contributed by atoms with E-state index in [-0.39, 0.29) is 16.4 Å². The number of alkyl halides is 6. The molecule has 0 aliphatic carbocycles. The maximum Gasteiger partial charge on any atom is 0.453 e. The minimum absolute atomic E-state index is 0.00160. The zero-order valence-electron chi connectivity index (χ0n) is 17.2. The van der Waals surface area contributed by atoms with Crippen molar-refractivity contribution in [3.63, 3.8) is 0 Å². The van der Waals surface area contributed by atoms with E-state index in [4.69, 9.17) is 16.9 Å². The van der Waals surface area contributed by atoms with Crippen molar-refractivity contribution < 1.29 is 26.3 Å². The standard InChI is InChI=1S/C11H10F3N7.C6H2ClF3N4/c12-11(13,14)10-17-16-8-1-2-9(18-21(8)10)20-5-3-19(7-15)4-6-20;7-3-1-2-4-11-12-5(6(8,9)10)14(4)13-3/h1-2H,3-6H2;1-2H. The predicted molar refractivity (Wildman–Crippen MR) is 106 cm³/mol. The molecule has 0 spiro atoms. The Kier molecular flexibility index (Phi) is 6.23. The van der Waals surface area contributed by atoms with Crippen molar-refractivity contribution in [3.8, 4) is 6.19 Å². The summed E-state index contributed by atoms with van der Waals surface area (Å²) in [5, 5.41) is 29.0. The third kappa shape index (κ3) is 5.11. The van der Waals surface area contributed by atoms with Crippen LogP contribution in [-0.2, 0) is 12.4 Å². The fourth-order valence-corrected chi connectivity index (χ4v) is 3.24. The Balaban J connectivity index is 0.000000179. The summed E-state index contributed by atoms with van der Waals surface area (Å²) in [6.07, 6.45) is -7.15. The van der Waals surface area contributed by atoms with E-state index in [2.05, 4.69) is 30.6 Å². The van der Waals surface area contributed by atoms with E-state index in [0.29, 0.717) is 41.0 Å². The van der Waals surface area contributed by atoms with Gasteiger partial charge in [-0.3, -0.25) is 0 Å². The van der Waals surface area contributed by atoms with E-state index in [0.717, 1.165) is 0 Å². The smallest absolute Gasteiger partial charge is 0.352 e. The quantitative estimate of drug-likeness (QED) is 0.276. The Labute approximate surface area is 196 Å². The highest BCUT2D eigenvalue weighted by atomic mass is 35.5. The summed E-state index contributed by atoms with van der Waals surface area (Å²) in [5.74, 6) is -1.92. The van der Waals surface area contributed by atoms with Crippen LogP contribution in [0.4, 0.5) is 32.2 Å². The molecule has 0 saturated carbocycles. The highest BCUT2D eigenvalue weighted by Gasteiger charge is 2.38. The molecular weight excluding hydrogens is 508 g/mol. The second kappa shape index (κ2) is 9.02. The van der Waals surface area contributed by atoms with Gasteiger partial charge >= 0.3 is 12.4 Å². The van der Waals surface area contributed by atoms with Crippen molar-refractivity contribution in [1.82, 2.24) is 44.5 Å². The second-order valence-electron chi connectivity index (χ2n) is 7.00. The molecular formula is C17H12ClF6N11. The first kappa shape index (κ1) is 24.2. The summed E-state index contributed by atoms with van der Waals surface area (Å²) in [6.45, 7) is 2.08. The molecule has 18 heteroatoms. The molecule has 0 radical (unpaired) electrons. The zero-order valence-corrected chi connectivity index (χ0v) is 18.0. The van der Waals surface area contributed by atoms with Gasteiger partial charge < -0.3 is 9.80 Å². The number of hydrogen-bond donors (Lipinski definition) is 0. The lowest BCUT2D eigenvalue weighted by atomic mass is 10.3. The van der Waals surface area contributed by atoms with E-state index >= 15 is 0 Å². The van der Waals surface area contributed by atoms with Crippen LogP contribution in [0.5, 0.6) is 0 Å². The van der Waals surface area contributed by atoms with Gasteiger partial charge in [0.15, 0.2) is 17.5 Å². The minimum atomic E-state index is -4.61. The van der Waals surface area contributed by atoms with Gasteiger partial charge in [-0.05, 0) is 24.3 Å². The SMILES string of the molecule is FC(F)(F)c1nnc2ccc(Cl)nn12.N#CN1CCN(c2ccc3nnc(C(F)(F)F)n3n2)CC1. The van der Waals surface area contributed by atoms with Crippen molar-refractivity contribution in [1.29, 1.82) is 5.26 Å². The van der Waals surface area contributed by atoms with Gasteiger partial charge in [-0.25, -0.2) is 0 Å². The zero-order chi connectivity index (χ0) is 25.4. The molecule has 11 nitrogen and oxygen atoms in total. The van der Waals surface area contributed by atoms with E-state index in [9.17, 15) is 26.3 Å². The molecule has 1 aliphatic heterocycles. The van der Waals surface area contributed by atoms with Gasteiger partial charge in [0.2, 0.25) is 0 Å². The van der Waals surface area contributed by atoms with E-state index in [1.54, 1.807) is 11.0 Å². The van der Waals surface area contributed by atoms with Crippen LogP contribution < -0.4 is 4.90 Å². The molecule has 1 saturated heterocycles. The molecule has 0 aromatic carbocycles.